The van der Waals surface area contributed by atoms with Gasteiger partial charge in [0.1, 0.15) is 5.69 Å². The minimum absolute atomic E-state index is 0.122. The van der Waals surface area contributed by atoms with Crippen molar-refractivity contribution in [2.24, 2.45) is 24.6 Å². The number of amides is 1. The van der Waals surface area contributed by atoms with Gasteiger partial charge >= 0.3 is 0 Å². The number of hydrogen-bond acceptors (Lipinski definition) is 2. The molecule has 1 aliphatic carbocycles. The molecule has 4 heteroatoms. The predicted molar refractivity (Wildman–Crippen MR) is 87.7 cm³/mol. The maximum atomic E-state index is 12.9. The molecule has 1 saturated heterocycles. The largest absolute Gasteiger partial charge is 0.339 e. The average Bonchev–Trinajstić information content (AvgIpc) is 3.17. The van der Waals surface area contributed by atoms with Crippen LogP contribution < -0.4 is 5.73 Å². The SMILES string of the molecule is Cc1cccc2cc(C(=O)N3C[C@@H](N)[C@H](C4CC4)C3)n(C)c12. The molecular formula is C18H23N3O. The zero-order chi connectivity index (χ0) is 15.4. The minimum Gasteiger partial charge on any atom is -0.339 e. The van der Waals surface area contributed by atoms with Gasteiger partial charge in [0, 0.05) is 31.6 Å². The molecule has 2 aliphatic rings. The molecule has 1 saturated carbocycles. The second-order valence-corrected chi connectivity index (χ2v) is 6.98. The molecule has 1 aliphatic heterocycles. The number of rotatable bonds is 2. The number of carbonyl (C=O) groups excluding carboxylic acids is 1. The van der Waals surface area contributed by atoms with Crippen molar-refractivity contribution in [1.29, 1.82) is 0 Å². The second kappa shape index (κ2) is 4.85. The van der Waals surface area contributed by atoms with Crippen LogP contribution in [0.25, 0.3) is 10.9 Å². The van der Waals surface area contributed by atoms with Crippen LogP contribution in [0.2, 0.25) is 0 Å². The molecule has 0 spiro atoms. The summed E-state index contributed by atoms with van der Waals surface area (Å²) in [6.07, 6.45) is 2.57. The molecule has 1 aromatic carbocycles. The first-order chi connectivity index (χ1) is 10.6. The van der Waals surface area contributed by atoms with Crippen molar-refractivity contribution in [2.75, 3.05) is 13.1 Å². The Hall–Kier alpha value is -1.81. The third-order valence-corrected chi connectivity index (χ3v) is 5.40. The lowest BCUT2D eigenvalue weighted by molar-refractivity contribution is 0.0776. The van der Waals surface area contributed by atoms with Crippen LogP contribution in [0.5, 0.6) is 0 Å². The van der Waals surface area contributed by atoms with Crippen molar-refractivity contribution in [3.8, 4) is 0 Å². The van der Waals surface area contributed by atoms with Crippen LogP contribution in [0, 0.1) is 18.8 Å². The first kappa shape index (κ1) is 13.8. The summed E-state index contributed by atoms with van der Waals surface area (Å²) in [4.78, 5) is 14.9. The number of benzene rings is 1. The summed E-state index contributed by atoms with van der Waals surface area (Å²) in [6.45, 7) is 3.61. The maximum absolute atomic E-state index is 12.9. The number of para-hydroxylation sites is 1. The van der Waals surface area contributed by atoms with Crippen molar-refractivity contribution >= 4 is 16.8 Å². The lowest BCUT2D eigenvalue weighted by Gasteiger charge is -2.17. The number of hydrogen-bond donors (Lipinski definition) is 1. The molecule has 0 unspecified atom stereocenters. The van der Waals surface area contributed by atoms with Crippen molar-refractivity contribution in [3.05, 3.63) is 35.5 Å². The fourth-order valence-corrected chi connectivity index (χ4v) is 4.03. The fraction of sp³-hybridized carbons (Fsp3) is 0.500. The van der Waals surface area contributed by atoms with E-state index >= 15 is 0 Å². The molecular weight excluding hydrogens is 274 g/mol. The Morgan fingerprint density at radius 3 is 2.73 bits per heavy atom. The average molecular weight is 297 g/mol. The van der Waals surface area contributed by atoms with E-state index in [1.165, 1.54) is 18.4 Å². The number of fused-ring (bicyclic) bond motifs is 1. The highest BCUT2D eigenvalue weighted by Gasteiger charge is 2.42. The Kier molecular flexibility index (Phi) is 3.05. The first-order valence-electron chi connectivity index (χ1n) is 8.16. The predicted octanol–water partition coefficient (Wildman–Crippen LogP) is 2.30. The van der Waals surface area contributed by atoms with Gasteiger partial charge in [-0.25, -0.2) is 0 Å². The van der Waals surface area contributed by atoms with Crippen LogP contribution >= 0.6 is 0 Å². The molecule has 22 heavy (non-hydrogen) atoms. The Morgan fingerprint density at radius 1 is 1.27 bits per heavy atom. The molecule has 2 fully saturated rings. The number of aromatic nitrogens is 1. The maximum Gasteiger partial charge on any atom is 0.270 e. The quantitative estimate of drug-likeness (QED) is 0.924. The first-order valence-corrected chi connectivity index (χ1v) is 8.16. The highest BCUT2D eigenvalue weighted by Crippen LogP contribution is 2.41. The van der Waals surface area contributed by atoms with Crippen molar-refractivity contribution < 1.29 is 4.79 Å². The number of nitrogens with two attached hydrogens (primary N) is 1. The summed E-state index contributed by atoms with van der Waals surface area (Å²) >= 11 is 0. The van der Waals surface area contributed by atoms with Gasteiger partial charge in [0.25, 0.3) is 5.91 Å². The second-order valence-electron chi connectivity index (χ2n) is 6.98. The van der Waals surface area contributed by atoms with Crippen LogP contribution in [0.15, 0.2) is 24.3 Å². The van der Waals surface area contributed by atoms with Gasteiger partial charge in [0.05, 0.1) is 5.52 Å². The molecule has 0 bridgehead atoms. The minimum atomic E-state index is 0.122. The third kappa shape index (κ3) is 2.05. The van der Waals surface area contributed by atoms with Gasteiger partial charge in [0.2, 0.25) is 0 Å². The molecule has 2 atom stereocenters. The lowest BCUT2D eigenvalue weighted by atomic mass is 9.99. The van der Waals surface area contributed by atoms with Gasteiger partial charge in [0.15, 0.2) is 0 Å². The van der Waals surface area contributed by atoms with E-state index in [2.05, 4.69) is 19.1 Å². The normalized spacial score (nSPS) is 25.1. The van der Waals surface area contributed by atoms with E-state index in [1.807, 2.05) is 28.6 Å². The van der Waals surface area contributed by atoms with E-state index < -0.39 is 0 Å². The zero-order valence-corrected chi connectivity index (χ0v) is 13.2. The standard InChI is InChI=1S/C18H23N3O/c1-11-4-3-5-13-8-16(20(2)17(11)13)18(22)21-9-14(12-6-7-12)15(19)10-21/h3-5,8,12,14-15H,6-7,9-10,19H2,1-2H3/t14-,15+/m0/s1. The van der Waals surface area contributed by atoms with Crippen LogP contribution in [-0.4, -0.2) is 34.5 Å². The molecule has 1 aromatic heterocycles. The lowest BCUT2D eigenvalue weighted by Crippen LogP contribution is -2.33. The summed E-state index contributed by atoms with van der Waals surface area (Å²) in [6, 6.07) is 8.36. The molecule has 4 nitrogen and oxygen atoms in total. The Bertz CT molecular complexity index is 744. The van der Waals surface area contributed by atoms with Gasteiger partial charge in [-0.3, -0.25) is 4.79 Å². The van der Waals surface area contributed by atoms with Crippen LogP contribution in [0.3, 0.4) is 0 Å². The molecule has 2 aromatic rings. The molecule has 4 rings (SSSR count). The Balaban J connectivity index is 1.66. The van der Waals surface area contributed by atoms with Gasteiger partial charge in [-0.2, -0.15) is 0 Å². The Morgan fingerprint density at radius 2 is 2.05 bits per heavy atom. The smallest absolute Gasteiger partial charge is 0.270 e. The Labute approximate surface area is 130 Å². The van der Waals surface area contributed by atoms with Gasteiger partial charge in [-0.15, -0.1) is 0 Å². The summed E-state index contributed by atoms with van der Waals surface area (Å²) in [5, 5.41) is 1.13. The van der Waals surface area contributed by atoms with E-state index in [0.29, 0.717) is 12.5 Å². The molecule has 2 heterocycles. The van der Waals surface area contributed by atoms with Crippen molar-refractivity contribution in [3.63, 3.8) is 0 Å². The van der Waals surface area contributed by atoms with E-state index in [4.69, 9.17) is 5.73 Å². The topological polar surface area (TPSA) is 51.3 Å². The molecule has 0 radical (unpaired) electrons. The summed E-state index contributed by atoms with van der Waals surface area (Å²) in [7, 11) is 1.98. The van der Waals surface area contributed by atoms with E-state index in [0.717, 1.165) is 29.1 Å². The van der Waals surface area contributed by atoms with E-state index in [9.17, 15) is 4.79 Å². The fourth-order valence-electron chi connectivity index (χ4n) is 4.03. The number of carbonyl (C=O) groups is 1. The van der Waals surface area contributed by atoms with Crippen molar-refractivity contribution in [2.45, 2.75) is 25.8 Å². The number of aryl methyl sites for hydroxylation is 2. The van der Waals surface area contributed by atoms with Crippen LogP contribution in [0.1, 0.15) is 28.9 Å². The highest BCUT2D eigenvalue weighted by atomic mass is 16.2. The third-order valence-electron chi connectivity index (χ3n) is 5.40. The van der Waals surface area contributed by atoms with Gasteiger partial charge in [-0.1, -0.05) is 18.2 Å². The molecule has 116 valence electrons. The zero-order valence-electron chi connectivity index (χ0n) is 13.2. The summed E-state index contributed by atoms with van der Waals surface area (Å²) < 4.78 is 2.03. The van der Waals surface area contributed by atoms with Crippen molar-refractivity contribution in [1.82, 2.24) is 9.47 Å². The highest BCUT2D eigenvalue weighted by molar-refractivity contribution is 5.99. The summed E-state index contributed by atoms with van der Waals surface area (Å²) in [5.74, 6) is 1.37. The van der Waals surface area contributed by atoms with Crippen LogP contribution in [-0.2, 0) is 7.05 Å². The van der Waals surface area contributed by atoms with E-state index in [-0.39, 0.29) is 11.9 Å². The van der Waals surface area contributed by atoms with Gasteiger partial charge in [-0.05, 0) is 43.2 Å². The van der Waals surface area contributed by atoms with Gasteiger partial charge < -0.3 is 15.2 Å². The monoisotopic (exact) mass is 297 g/mol. The molecule has 1 amide bonds. The summed E-state index contributed by atoms with van der Waals surface area (Å²) in [5.41, 5.74) is 9.38. The van der Waals surface area contributed by atoms with Crippen LogP contribution in [0.4, 0.5) is 0 Å². The number of likely N-dealkylation sites (tertiary alicyclic amines) is 1. The number of nitrogens with zero attached hydrogens (tertiary/aromatic N) is 2. The van der Waals surface area contributed by atoms with E-state index in [1.54, 1.807) is 0 Å². The molecule has 2 N–H and O–H groups in total.